The van der Waals surface area contributed by atoms with E-state index in [1.165, 1.54) is 0 Å². The van der Waals surface area contributed by atoms with Crippen LogP contribution in [0.4, 0.5) is 0 Å². The molecule has 0 bridgehead atoms. The first-order chi connectivity index (χ1) is 8.45. The fraction of sp³-hybridized carbons (Fsp3) is 0.700. The van der Waals surface area contributed by atoms with Gasteiger partial charge in [0.25, 0.3) is 7.82 Å². The largest absolute Gasteiger partial charge is 0.756 e. The predicted molar refractivity (Wildman–Crippen MR) is 63.6 cm³/mol. The Kier molecular flexibility index (Phi) is 8.87. The van der Waals surface area contributed by atoms with Crippen molar-refractivity contribution in [3.8, 4) is 0 Å². The Bertz CT molecular complexity index is 369. The molecule has 0 spiro atoms. The number of aliphatic hydroxyl groups excluding tert-OH is 1. The number of imidazole rings is 1. The SMILES string of the molecule is CCO.CCOP(=O)([O-])OCCn1cc[n+](C)c1. The van der Waals surface area contributed by atoms with Crippen molar-refractivity contribution in [2.24, 2.45) is 7.05 Å². The van der Waals surface area contributed by atoms with Crippen molar-refractivity contribution in [1.82, 2.24) is 4.57 Å². The average Bonchev–Trinajstić information content (AvgIpc) is 2.65. The van der Waals surface area contributed by atoms with Crippen molar-refractivity contribution >= 4 is 7.82 Å². The molecule has 1 aromatic heterocycles. The summed E-state index contributed by atoms with van der Waals surface area (Å²) in [5, 5.41) is 7.57. The Morgan fingerprint density at radius 3 is 2.50 bits per heavy atom. The molecule has 7 nitrogen and oxygen atoms in total. The maximum absolute atomic E-state index is 11.0. The third-order valence-electron chi connectivity index (χ3n) is 1.71. The predicted octanol–water partition coefficient (Wildman–Crippen LogP) is -0.167. The molecule has 106 valence electrons. The van der Waals surface area contributed by atoms with Crippen LogP contribution in [0.1, 0.15) is 13.8 Å². The van der Waals surface area contributed by atoms with Gasteiger partial charge in [-0.2, -0.15) is 0 Å². The van der Waals surface area contributed by atoms with Crippen LogP contribution < -0.4 is 9.46 Å². The minimum absolute atomic E-state index is 0.0788. The summed E-state index contributed by atoms with van der Waals surface area (Å²) in [7, 11) is -2.21. The van der Waals surface area contributed by atoms with E-state index >= 15 is 0 Å². The van der Waals surface area contributed by atoms with Gasteiger partial charge in [0.1, 0.15) is 18.9 Å². The molecule has 1 unspecified atom stereocenters. The van der Waals surface area contributed by atoms with Gasteiger partial charge < -0.3 is 19.0 Å². The van der Waals surface area contributed by atoms with Gasteiger partial charge in [0.05, 0.1) is 20.3 Å². The van der Waals surface area contributed by atoms with Gasteiger partial charge in [-0.05, 0) is 13.8 Å². The zero-order chi connectivity index (χ0) is 14.0. The van der Waals surface area contributed by atoms with Crippen molar-refractivity contribution in [2.45, 2.75) is 20.4 Å². The maximum atomic E-state index is 11.0. The number of aliphatic hydroxyl groups is 1. The van der Waals surface area contributed by atoms with Crippen LogP contribution in [0, 0.1) is 0 Å². The minimum Gasteiger partial charge on any atom is -0.756 e. The summed E-state index contributed by atoms with van der Waals surface area (Å²) in [5.74, 6) is 0. The Labute approximate surface area is 107 Å². The van der Waals surface area contributed by atoms with E-state index in [2.05, 4.69) is 9.05 Å². The quantitative estimate of drug-likeness (QED) is 0.577. The van der Waals surface area contributed by atoms with Gasteiger partial charge in [0.2, 0.25) is 6.33 Å². The highest BCUT2D eigenvalue weighted by Gasteiger charge is 2.08. The molecule has 0 fully saturated rings. The van der Waals surface area contributed by atoms with E-state index in [0.29, 0.717) is 6.54 Å². The monoisotopic (exact) mass is 280 g/mol. The summed E-state index contributed by atoms with van der Waals surface area (Å²) < 4.78 is 23.7. The molecule has 0 radical (unpaired) electrons. The fourth-order valence-corrected chi connectivity index (χ4v) is 1.78. The van der Waals surface area contributed by atoms with Gasteiger partial charge in [-0.1, -0.05) is 0 Å². The Morgan fingerprint density at radius 1 is 1.44 bits per heavy atom. The molecule has 18 heavy (non-hydrogen) atoms. The Balaban J connectivity index is 0.000000873. The second kappa shape index (κ2) is 9.24. The van der Waals surface area contributed by atoms with E-state index in [1.807, 2.05) is 34.9 Å². The van der Waals surface area contributed by atoms with Crippen molar-refractivity contribution < 1.29 is 28.2 Å². The summed E-state index contributed by atoms with van der Waals surface area (Å²) in [6.07, 6.45) is 5.53. The zero-order valence-electron chi connectivity index (χ0n) is 11.0. The van der Waals surface area contributed by atoms with E-state index < -0.39 is 7.82 Å². The van der Waals surface area contributed by atoms with Crippen LogP contribution in [0.25, 0.3) is 0 Å². The molecule has 0 saturated carbocycles. The van der Waals surface area contributed by atoms with Crippen molar-refractivity contribution in [3.63, 3.8) is 0 Å². The van der Waals surface area contributed by atoms with Crippen LogP contribution in [0.5, 0.6) is 0 Å². The number of rotatable bonds is 6. The van der Waals surface area contributed by atoms with E-state index in [9.17, 15) is 9.46 Å². The number of phosphoric ester groups is 1. The maximum Gasteiger partial charge on any atom is 0.267 e. The van der Waals surface area contributed by atoms with Gasteiger partial charge in [-0.25, -0.2) is 9.13 Å². The molecule has 8 heteroatoms. The van der Waals surface area contributed by atoms with Crippen LogP contribution in [-0.2, 0) is 27.2 Å². The number of nitrogens with zero attached hydrogens (tertiary/aromatic N) is 2. The molecule has 0 saturated heterocycles. The van der Waals surface area contributed by atoms with Gasteiger partial charge in [-0.15, -0.1) is 0 Å². The molecular formula is C10H21N2O5P. The lowest BCUT2D eigenvalue weighted by molar-refractivity contribution is -0.671. The van der Waals surface area contributed by atoms with Crippen LogP contribution in [-0.4, -0.2) is 29.5 Å². The number of hydrogen-bond donors (Lipinski definition) is 1. The number of hydrogen-bond acceptors (Lipinski definition) is 5. The molecular weight excluding hydrogens is 259 g/mol. The highest BCUT2D eigenvalue weighted by Crippen LogP contribution is 2.37. The number of aryl methyl sites for hydroxylation is 1. The lowest BCUT2D eigenvalue weighted by Crippen LogP contribution is -2.24. The first-order valence-corrected chi connectivity index (χ1v) is 7.13. The average molecular weight is 280 g/mol. The fourth-order valence-electron chi connectivity index (χ4n) is 1.09. The van der Waals surface area contributed by atoms with Gasteiger partial charge in [0.15, 0.2) is 0 Å². The van der Waals surface area contributed by atoms with Crippen LogP contribution in [0.2, 0.25) is 0 Å². The van der Waals surface area contributed by atoms with E-state index in [0.717, 1.165) is 0 Å². The highest BCUT2D eigenvalue weighted by molar-refractivity contribution is 7.45. The lowest BCUT2D eigenvalue weighted by atomic mass is 10.7. The molecule has 0 aliphatic heterocycles. The summed E-state index contributed by atoms with van der Waals surface area (Å²) in [5.41, 5.74) is 0. The molecule has 1 aromatic rings. The van der Waals surface area contributed by atoms with Crippen molar-refractivity contribution in [2.75, 3.05) is 19.8 Å². The summed E-state index contributed by atoms with van der Waals surface area (Å²) in [4.78, 5) is 11.0. The van der Waals surface area contributed by atoms with Crippen LogP contribution >= 0.6 is 7.82 Å². The molecule has 0 amide bonds. The van der Waals surface area contributed by atoms with E-state index in [-0.39, 0.29) is 19.8 Å². The molecule has 1 heterocycles. The smallest absolute Gasteiger partial charge is 0.267 e. The van der Waals surface area contributed by atoms with E-state index in [1.54, 1.807) is 13.8 Å². The highest BCUT2D eigenvalue weighted by atomic mass is 31.2. The molecule has 1 atom stereocenters. The van der Waals surface area contributed by atoms with E-state index in [4.69, 9.17) is 5.11 Å². The number of phosphoric acid groups is 1. The Hall–Kier alpha value is -0.720. The molecule has 1 rings (SSSR count). The molecule has 0 aromatic carbocycles. The van der Waals surface area contributed by atoms with Gasteiger partial charge in [0, 0.05) is 6.61 Å². The first-order valence-electron chi connectivity index (χ1n) is 5.67. The minimum atomic E-state index is -4.09. The molecule has 0 aliphatic rings. The first kappa shape index (κ1) is 17.3. The second-order valence-corrected chi connectivity index (χ2v) is 4.74. The lowest BCUT2D eigenvalue weighted by Gasteiger charge is -2.20. The zero-order valence-corrected chi connectivity index (χ0v) is 11.9. The summed E-state index contributed by atoms with van der Waals surface area (Å²) in [6.45, 7) is 4.18. The summed E-state index contributed by atoms with van der Waals surface area (Å²) in [6, 6.07) is 0. The second-order valence-electron chi connectivity index (χ2n) is 3.33. The van der Waals surface area contributed by atoms with Crippen LogP contribution in [0.15, 0.2) is 18.7 Å². The molecule has 1 N–H and O–H groups in total. The normalized spacial score (nSPS) is 13.6. The summed E-state index contributed by atoms with van der Waals surface area (Å²) >= 11 is 0. The van der Waals surface area contributed by atoms with Crippen molar-refractivity contribution in [3.05, 3.63) is 18.7 Å². The number of aromatic nitrogens is 2. The Morgan fingerprint density at radius 2 is 2.06 bits per heavy atom. The van der Waals surface area contributed by atoms with Gasteiger partial charge >= 0.3 is 0 Å². The standard InChI is InChI=1S/C8H15N2O4P.C2H6O/c1-3-13-15(11,12)14-7-6-10-5-4-9(2)8-10;1-2-3/h4-5,8H,3,6-7H2,1-2H3;3H,2H2,1H3. The van der Waals surface area contributed by atoms with Crippen LogP contribution in [0.3, 0.4) is 0 Å². The topological polar surface area (TPSA) is 87.6 Å². The third-order valence-corrected chi connectivity index (χ3v) is 2.78. The van der Waals surface area contributed by atoms with Crippen molar-refractivity contribution in [1.29, 1.82) is 0 Å². The molecule has 0 aliphatic carbocycles. The third kappa shape index (κ3) is 8.38. The van der Waals surface area contributed by atoms with Gasteiger partial charge in [-0.3, -0.25) is 4.57 Å².